The largest absolute Gasteiger partial charge is 0.462 e. The normalized spacial score (nSPS) is 18.1. The topological polar surface area (TPSA) is 76.2 Å². The summed E-state index contributed by atoms with van der Waals surface area (Å²) in [6, 6.07) is 12.5. The molecule has 182 valence electrons. The fraction of sp³-hybridized carbons (Fsp3) is 0.423. The molecular weight excluding hydrogens is 452 g/mol. The summed E-state index contributed by atoms with van der Waals surface area (Å²) in [4.78, 5) is 42.1. The van der Waals surface area contributed by atoms with Crippen LogP contribution in [0.1, 0.15) is 45.4 Å². The highest BCUT2D eigenvalue weighted by Crippen LogP contribution is 2.47. The lowest BCUT2D eigenvalue weighted by Gasteiger charge is -2.28. The average Bonchev–Trinajstić information content (AvgIpc) is 2.94. The van der Waals surface area contributed by atoms with Crippen molar-refractivity contribution in [1.29, 1.82) is 0 Å². The Morgan fingerprint density at radius 1 is 1.18 bits per heavy atom. The lowest BCUT2D eigenvalue weighted by Crippen LogP contribution is -2.44. The maximum Gasteiger partial charge on any atom is 0.338 e. The smallest absolute Gasteiger partial charge is 0.338 e. The molecule has 7 nitrogen and oxygen atoms in total. The van der Waals surface area contributed by atoms with E-state index in [1.165, 1.54) is 18.9 Å². The molecule has 1 aliphatic rings. The highest BCUT2D eigenvalue weighted by Gasteiger charge is 2.39. The predicted octanol–water partition coefficient (Wildman–Crippen LogP) is 4.07. The number of benzene rings is 2. The summed E-state index contributed by atoms with van der Waals surface area (Å²) >= 11 is 1.52. The van der Waals surface area contributed by atoms with Crippen molar-refractivity contribution in [2.24, 2.45) is 5.92 Å². The maximum absolute atomic E-state index is 13.8. The summed E-state index contributed by atoms with van der Waals surface area (Å²) in [7, 11) is 5.43. The van der Waals surface area contributed by atoms with Gasteiger partial charge in [-0.1, -0.05) is 38.1 Å². The van der Waals surface area contributed by atoms with Crippen LogP contribution >= 0.6 is 11.8 Å². The molecule has 0 radical (unpaired) electrons. The summed E-state index contributed by atoms with van der Waals surface area (Å²) in [5.41, 5.74) is 2.53. The van der Waals surface area contributed by atoms with Gasteiger partial charge in [0.15, 0.2) is 6.10 Å². The van der Waals surface area contributed by atoms with Crippen molar-refractivity contribution in [3.63, 3.8) is 0 Å². The van der Waals surface area contributed by atoms with E-state index < -0.39 is 12.1 Å². The lowest BCUT2D eigenvalue weighted by molar-refractivity contribution is -0.128. The van der Waals surface area contributed by atoms with E-state index in [4.69, 9.17) is 9.47 Å². The van der Waals surface area contributed by atoms with Gasteiger partial charge in [-0.2, -0.15) is 0 Å². The zero-order valence-electron chi connectivity index (χ0n) is 20.3. The van der Waals surface area contributed by atoms with Crippen molar-refractivity contribution in [3.8, 4) is 0 Å². The standard InChI is InChI=1S/C26H32N2O5S/c1-17(2)16-33-26(31)20-10-11-22-21(14-20)28(13-12-27(3)4)25(30)23(32-5)24(34-22)19-8-6-18(15-29)7-9-19/h6-11,14-15,17,23-24H,12-13,16H2,1-5H3. The first-order valence-electron chi connectivity index (χ1n) is 11.3. The van der Waals surface area contributed by atoms with Crippen LogP contribution in [0.25, 0.3) is 0 Å². The number of hydrogen-bond donors (Lipinski definition) is 0. The zero-order chi connectivity index (χ0) is 24.8. The maximum atomic E-state index is 13.8. The first-order valence-corrected chi connectivity index (χ1v) is 12.1. The number of hydrogen-bond acceptors (Lipinski definition) is 7. The SMILES string of the molecule is COC1C(=O)N(CCN(C)C)c2cc(C(=O)OCC(C)C)ccc2SC1c1ccc(C=O)cc1. The molecule has 2 unspecified atom stereocenters. The fourth-order valence-corrected chi connectivity index (χ4v) is 5.00. The number of carbonyl (C=O) groups is 3. The molecule has 1 aliphatic heterocycles. The van der Waals surface area contributed by atoms with Crippen molar-refractivity contribution in [2.45, 2.75) is 30.1 Å². The molecule has 3 rings (SSSR count). The van der Waals surface area contributed by atoms with Crippen LogP contribution in [0.3, 0.4) is 0 Å². The molecule has 0 aliphatic carbocycles. The number of carbonyl (C=O) groups excluding carboxylic acids is 3. The second-order valence-electron chi connectivity index (χ2n) is 8.95. The Morgan fingerprint density at radius 3 is 2.47 bits per heavy atom. The van der Waals surface area contributed by atoms with E-state index in [0.717, 1.165) is 16.7 Å². The fourth-order valence-electron chi connectivity index (χ4n) is 3.64. The molecule has 1 heterocycles. The minimum atomic E-state index is -0.738. The van der Waals surface area contributed by atoms with Crippen LogP contribution in [0.2, 0.25) is 0 Å². The number of aldehydes is 1. The van der Waals surface area contributed by atoms with E-state index >= 15 is 0 Å². The Balaban J connectivity index is 2.04. The number of amides is 1. The van der Waals surface area contributed by atoms with E-state index in [0.29, 0.717) is 36.5 Å². The van der Waals surface area contributed by atoms with Gasteiger partial charge in [-0.15, -0.1) is 11.8 Å². The van der Waals surface area contributed by atoms with Crippen LogP contribution in [-0.4, -0.2) is 70.1 Å². The predicted molar refractivity (Wildman–Crippen MR) is 134 cm³/mol. The molecule has 1 amide bonds. The number of anilines is 1. The number of rotatable bonds is 9. The first-order chi connectivity index (χ1) is 16.2. The second kappa shape index (κ2) is 11.6. The van der Waals surface area contributed by atoms with Crippen LogP contribution in [0.5, 0.6) is 0 Å². The second-order valence-corrected chi connectivity index (χ2v) is 10.1. The highest BCUT2D eigenvalue weighted by molar-refractivity contribution is 7.99. The number of likely N-dealkylation sites (N-methyl/N-ethyl adjacent to an activating group) is 1. The van der Waals surface area contributed by atoms with Crippen LogP contribution in [0, 0.1) is 5.92 Å². The van der Waals surface area contributed by atoms with Gasteiger partial charge < -0.3 is 19.3 Å². The van der Waals surface area contributed by atoms with Gasteiger partial charge in [0.25, 0.3) is 5.91 Å². The van der Waals surface area contributed by atoms with Crippen LogP contribution in [0.15, 0.2) is 47.4 Å². The average molecular weight is 485 g/mol. The third-order valence-electron chi connectivity index (χ3n) is 5.50. The van der Waals surface area contributed by atoms with Gasteiger partial charge in [-0.3, -0.25) is 9.59 Å². The molecule has 8 heteroatoms. The van der Waals surface area contributed by atoms with Crippen molar-refractivity contribution < 1.29 is 23.9 Å². The molecule has 0 saturated carbocycles. The summed E-state index contributed by atoms with van der Waals surface area (Å²) in [6.07, 6.45) is 0.0548. The number of esters is 1. The van der Waals surface area contributed by atoms with Gasteiger partial charge >= 0.3 is 5.97 Å². The van der Waals surface area contributed by atoms with Gasteiger partial charge in [0, 0.05) is 30.7 Å². The van der Waals surface area contributed by atoms with E-state index in [2.05, 4.69) is 0 Å². The number of methoxy groups -OCH3 is 1. The third-order valence-corrected chi connectivity index (χ3v) is 6.87. The summed E-state index contributed by atoms with van der Waals surface area (Å²) in [6.45, 7) is 5.39. The third kappa shape index (κ3) is 6.05. The van der Waals surface area contributed by atoms with Crippen molar-refractivity contribution in [2.75, 3.05) is 45.8 Å². The van der Waals surface area contributed by atoms with E-state index in [9.17, 15) is 14.4 Å². The molecule has 2 aromatic rings. The quantitative estimate of drug-likeness (QED) is 0.392. The number of ether oxygens (including phenoxy) is 2. The van der Waals surface area contributed by atoms with Gasteiger partial charge in [0.1, 0.15) is 6.29 Å². The van der Waals surface area contributed by atoms with E-state index in [-0.39, 0.29) is 17.1 Å². The van der Waals surface area contributed by atoms with Gasteiger partial charge in [0.2, 0.25) is 0 Å². The van der Waals surface area contributed by atoms with Crippen molar-refractivity contribution in [3.05, 3.63) is 59.2 Å². The van der Waals surface area contributed by atoms with Crippen LogP contribution in [-0.2, 0) is 14.3 Å². The van der Waals surface area contributed by atoms with Gasteiger partial charge in [0.05, 0.1) is 23.1 Å². The molecule has 0 saturated heterocycles. The van der Waals surface area contributed by atoms with Crippen molar-refractivity contribution in [1.82, 2.24) is 4.90 Å². The Labute approximate surface area is 205 Å². The Hall–Kier alpha value is -2.68. The Morgan fingerprint density at radius 2 is 1.88 bits per heavy atom. The molecule has 0 aromatic heterocycles. The monoisotopic (exact) mass is 484 g/mol. The molecule has 34 heavy (non-hydrogen) atoms. The molecule has 0 bridgehead atoms. The molecule has 0 fully saturated rings. The number of fused-ring (bicyclic) bond motifs is 1. The first kappa shape index (κ1) is 25.9. The molecule has 0 spiro atoms. The zero-order valence-corrected chi connectivity index (χ0v) is 21.1. The van der Waals surface area contributed by atoms with Gasteiger partial charge in [-0.05, 0) is 43.8 Å². The molecule has 2 atom stereocenters. The summed E-state index contributed by atoms with van der Waals surface area (Å²) in [5, 5.41) is -0.319. The minimum Gasteiger partial charge on any atom is -0.462 e. The molecule has 2 aromatic carbocycles. The van der Waals surface area contributed by atoms with E-state index in [1.54, 1.807) is 29.2 Å². The lowest BCUT2D eigenvalue weighted by atomic mass is 10.0. The van der Waals surface area contributed by atoms with E-state index in [1.807, 2.05) is 51.0 Å². The Bertz CT molecular complexity index is 1020. The summed E-state index contributed by atoms with van der Waals surface area (Å²) in [5.74, 6) is -0.352. The van der Waals surface area contributed by atoms with Crippen LogP contribution in [0.4, 0.5) is 5.69 Å². The summed E-state index contributed by atoms with van der Waals surface area (Å²) < 4.78 is 11.1. The van der Waals surface area contributed by atoms with Crippen LogP contribution < -0.4 is 4.90 Å². The number of nitrogens with zero attached hydrogens (tertiary/aromatic N) is 2. The Kier molecular flexibility index (Phi) is 8.88. The van der Waals surface area contributed by atoms with Gasteiger partial charge in [-0.25, -0.2) is 4.79 Å². The molecular formula is C26H32N2O5S. The minimum absolute atomic E-state index is 0.173. The highest BCUT2D eigenvalue weighted by atomic mass is 32.2. The number of thioether (sulfide) groups is 1. The van der Waals surface area contributed by atoms with Crippen molar-refractivity contribution >= 4 is 35.6 Å². The molecule has 0 N–H and O–H groups in total.